The fourth-order valence-corrected chi connectivity index (χ4v) is 4.96. The normalized spacial score (nSPS) is 26.2. The van der Waals surface area contributed by atoms with Crippen molar-refractivity contribution in [3.63, 3.8) is 0 Å². The number of benzene rings is 1. The highest BCUT2D eigenvalue weighted by atomic mass is 32.1. The Hall–Kier alpha value is -1.17. The lowest BCUT2D eigenvalue weighted by molar-refractivity contribution is 0.149. The maximum absolute atomic E-state index is 9.81. The Morgan fingerprint density at radius 1 is 1.09 bits per heavy atom. The quantitative estimate of drug-likeness (QED) is 0.935. The van der Waals surface area contributed by atoms with Crippen molar-refractivity contribution in [1.29, 1.82) is 0 Å². The lowest BCUT2D eigenvalue weighted by Crippen LogP contribution is -2.37. The van der Waals surface area contributed by atoms with Crippen molar-refractivity contribution < 1.29 is 5.11 Å². The van der Waals surface area contributed by atoms with Gasteiger partial charge in [0.2, 0.25) is 0 Å². The molecule has 1 aromatic heterocycles. The second-order valence-electron chi connectivity index (χ2n) is 6.93. The summed E-state index contributed by atoms with van der Waals surface area (Å²) in [7, 11) is 0. The van der Waals surface area contributed by atoms with Gasteiger partial charge in [0.15, 0.2) is 5.13 Å². The highest BCUT2D eigenvalue weighted by Gasteiger charge is 2.34. The highest BCUT2D eigenvalue weighted by molar-refractivity contribution is 7.22. The largest absolute Gasteiger partial charge is 0.396 e. The van der Waals surface area contributed by atoms with E-state index in [1.54, 1.807) is 11.3 Å². The summed E-state index contributed by atoms with van der Waals surface area (Å²) < 4.78 is 1.25. The zero-order chi connectivity index (χ0) is 15.6. The molecule has 124 valence electrons. The first kappa shape index (κ1) is 15.4. The molecular weight excluding hydrogens is 306 g/mol. The lowest BCUT2D eigenvalue weighted by atomic mass is 9.95. The van der Waals surface area contributed by atoms with Crippen LogP contribution in [0.5, 0.6) is 0 Å². The van der Waals surface area contributed by atoms with Gasteiger partial charge in [-0.05, 0) is 44.0 Å². The Balaban J connectivity index is 1.47. The number of aliphatic hydroxyl groups is 1. The van der Waals surface area contributed by atoms with Crippen LogP contribution in [-0.2, 0) is 0 Å². The van der Waals surface area contributed by atoms with Crippen LogP contribution in [0.15, 0.2) is 24.3 Å². The molecule has 2 fully saturated rings. The first-order valence-electron chi connectivity index (χ1n) is 8.77. The van der Waals surface area contributed by atoms with Gasteiger partial charge in [-0.3, -0.25) is 0 Å². The van der Waals surface area contributed by atoms with Gasteiger partial charge in [-0.2, -0.15) is 0 Å². The van der Waals surface area contributed by atoms with Crippen molar-refractivity contribution in [2.75, 3.05) is 44.2 Å². The monoisotopic (exact) mass is 331 g/mol. The molecule has 0 radical (unpaired) electrons. The molecule has 0 bridgehead atoms. The molecule has 5 heteroatoms. The minimum atomic E-state index is 0.292. The van der Waals surface area contributed by atoms with E-state index in [0.717, 1.165) is 30.3 Å². The topological polar surface area (TPSA) is 39.6 Å². The molecule has 0 spiro atoms. The number of likely N-dealkylation sites (tertiary alicyclic amines) is 1. The van der Waals surface area contributed by atoms with Crippen LogP contribution in [0.2, 0.25) is 0 Å². The van der Waals surface area contributed by atoms with E-state index in [1.807, 2.05) is 6.07 Å². The van der Waals surface area contributed by atoms with Crippen LogP contribution in [0.25, 0.3) is 10.2 Å². The highest BCUT2D eigenvalue weighted by Crippen LogP contribution is 2.34. The van der Waals surface area contributed by atoms with Crippen molar-refractivity contribution in [2.24, 2.45) is 11.8 Å². The lowest BCUT2D eigenvalue weighted by Gasteiger charge is -2.30. The van der Waals surface area contributed by atoms with Gasteiger partial charge in [-0.15, -0.1) is 0 Å². The van der Waals surface area contributed by atoms with Gasteiger partial charge in [-0.1, -0.05) is 29.9 Å². The summed E-state index contributed by atoms with van der Waals surface area (Å²) in [6.07, 6.45) is 4.04. The maximum atomic E-state index is 9.81. The Morgan fingerprint density at radius 2 is 1.87 bits per heavy atom. The van der Waals surface area contributed by atoms with Gasteiger partial charge in [-0.25, -0.2) is 4.98 Å². The molecule has 1 aromatic carbocycles. The number of thiazole rings is 1. The van der Waals surface area contributed by atoms with Crippen LogP contribution in [0.1, 0.15) is 19.3 Å². The van der Waals surface area contributed by atoms with Crippen molar-refractivity contribution >= 4 is 26.7 Å². The van der Waals surface area contributed by atoms with Crippen LogP contribution in [0.4, 0.5) is 5.13 Å². The Bertz CT molecular complexity index is 620. The number of hydrogen-bond donors (Lipinski definition) is 1. The van der Waals surface area contributed by atoms with E-state index in [0.29, 0.717) is 18.4 Å². The van der Waals surface area contributed by atoms with E-state index in [4.69, 9.17) is 4.98 Å². The molecule has 0 saturated carbocycles. The smallest absolute Gasteiger partial charge is 0.186 e. The van der Waals surface area contributed by atoms with E-state index in [-0.39, 0.29) is 0 Å². The molecule has 2 aromatic rings. The third kappa shape index (κ3) is 3.23. The summed E-state index contributed by atoms with van der Waals surface area (Å²) in [5.74, 6) is 0.939. The molecule has 1 N–H and O–H groups in total. The predicted molar refractivity (Wildman–Crippen MR) is 96.2 cm³/mol. The molecule has 3 heterocycles. The number of nitrogens with zero attached hydrogens (tertiary/aromatic N) is 3. The molecule has 0 aliphatic carbocycles. The Morgan fingerprint density at radius 3 is 2.65 bits per heavy atom. The number of anilines is 1. The number of hydrogen-bond acceptors (Lipinski definition) is 5. The summed E-state index contributed by atoms with van der Waals surface area (Å²) in [5.41, 5.74) is 1.09. The van der Waals surface area contributed by atoms with Gasteiger partial charge < -0.3 is 14.9 Å². The van der Waals surface area contributed by atoms with Gasteiger partial charge >= 0.3 is 0 Å². The average molecular weight is 331 g/mol. The molecule has 4 nitrogen and oxygen atoms in total. The Kier molecular flexibility index (Phi) is 4.51. The second kappa shape index (κ2) is 6.75. The van der Waals surface area contributed by atoms with E-state index in [9.17, 15) is 5.11 Å². The number of piperidine rings is 1. The van der Waals surface area contributed by atoms with Crippen molar-refractivity contribution in [2.45, 2.75) is 19.3 Å². The van der Waals surface area contributed by atoms with Crippen molar-refractivity contribution in [3.05, 3.63) is 24.3 Å². The van der Waals surface area contributed by atoms with Gasteiger partial charge in [0.25, 0.3) is 0 Å². The first-order chi connectivity index (χ1) is 11.3. The number of rotatable bonds is 4. The van der Waals surface area contributed by atoms with Crippen molar-refractivity contribution in [1.82, 2.24) is 9.88 Å². The molecule has 2 saturated heterocycles. The minimum Gasteiger partial charge on any atom is -0.396 e. The van der Waals surface area contributed by atoms with Crippen LogP contribution in [-0.4, -0.2) is 54.3 Å². The molecule has 0 amide bonds. The van der Waals surface area contributed by atoms with Gasteiger partial charge in [0, 0.05) is 32.2 Å². The SMILES string of the molecule is OC[C@H]1CN(c2nc3ccccc3s2)C[C@H]1CN1CCCCC1. The summed E-state index contributed by atoms with van der Waals surface area (Å²) in [4.78, 5) is 9.78. The van der Waals surface area contributed by atoms with E-state index >= 15 is 0 Å². The fourth-order valence-electron chi connectivity index (χ4n) is 3.98. The number of fused-ring (bicyclic) bond motifs is 1. The Labute approximate surface area is 141 Å². The first-order valence-corrected chi connectivity index (χ1v) is 9.59. The van der Waals surface area contributed by atoms with E-state index in [2.05, 4.69) is 28.0 Å². The maximum Gasteiger partial charge on any atom is 0.186 e. The zero-order valence-electron chi connectivity index (χ0n) is 13.5. The summed E-state index contributed by atoms with van der Waals surface area (Å²) in [6, 6.07) is 8.34. The standard InChI is InChI=1S/C18H25N3OS/c22-13-15-12-21(11-14(15)10-20-8-4-1-5-9-20)18-19-16-6-2-3-7-17(16)23-18/h2-3,6-7,14-15,22H,1,4-5,8-13H2/t14-,15-/m1/s1. The summed E-state index contributed by atoms with van der Waals surface area (Å²) >= 11 is 1.77. The average Bonchev–Trinajstić information content (AvgIpc) is 3.19. The fraction of sp³-hybridized carbons (Fsp3) is 0.611. The third-order valence-corrected chi connectivity index (χ3v) is 6.40. The van der Waals surface area contributed by atoms with Gasteiger partial charge in [0.05, 0.1) is 10.2 Å². The zero-order valence-corrected chi connectivity index (χ0v) is 14.3. The number of para-hydroxylation sites is 1. The molecule has 0 unspecified atom stereocenters. The van der Waals surface area contributed by atoms with Gasteiger partial charge in [0.1, 0.15) is 0 Å². The molecule has 2 aliphatic rings. The van der Waals surface area contributed by atoms with Crippen molar-refractivity contribution in [3.8, 4) is 0 Å². The summed E-state index contributed by atoms with van der Waals surface area (Å²) in [5, 5.41) is 10.9. The van der Waals surface area contributed by atoms with E-state index in [1.165, 1.54) is 37.1 Å². The second-order valence-corrected chi connectivity index (χ2v) is 7.94. The molecule has 4 rings (SSSR count). The van der Waals surface area contributed by atoms with Crippen LogP contribution in [0, 0.1) is 11.8 Å². The molecular formula is C18H25N3OS. The summed E-state index contributed by atoms with van der Waals surface area (Å²) in [6.45, 7) is 5.86. The minimum absolute atomic E-state index is 0.292. The van der Waals surface area contributed by atoms with Crippen LogP contribution >= 0.6 is 11.3 Å². The number of aliphatic hydroxyl groups excluding tert-OH is 1. The molecule has 2 atom stereocenters. The van der Waals surface area contributed by atoms with Crippen LogP contribution < -0.4 is 4.90 Å². The predicted octanol–water partition coefficient (Wildman–Crippen LogP) is 2.83. The van der Waals surface area contributed by atoms with E-state index < -0.39 is 0 Å². The van der Waals surface area contributed by atoms with Crippen LogP contribution in [0.3, 0.4) is 0 Å². The third-order valence-electron chi connectivity index (χ3n) is 5.31. The molecule has 23 heavy (non-hydrogen) atoms. The number of aromatic nitrogens is 1. The molecule has 2 aliphatic heterocycles.